The summed E-state index contributed by atoms with van der Waals surface area (Å²) in [5, 5.41) is 7.18. The summed E-state index contributed by atoms with van der Waals surface area (Å²) >= 11 is 0. The van der Waals surface area contributed by atoms with Gasteiger partial charge in [0.05, 0.1) is 5.56 Å². The van der Waals surface area contributed by atoms with E-state index in [1.807, 2.05) is 56.6 Å². The summed E-state index contributed by atoms with van der Waals surface area (Å²) in [5.41, 5.74) is 1.72. The first-order valence-electron chi connectivity index (χ1n) is 10.6. The van der Waals surface area contributed by atoms with Gasteiger partial charge in [-0.15, -0.1) is 0 Å². The predicted molar refractivity (Wildman–Crippen MR) is 119 cm³/mol. The van der Waals surface area contributed by atoms with Gasteiger partial charge in [-0.1, -0.05) is 35.5 Å². The lowest BCUT2D eigenvalue weighted by Crippen LogP contribution is -2.42. The Morgan fingerprint density at radius 2 is 1.94 bits per heavy atom. The van der Waals surface area contributed by atoms with Crippen molar-refractivity contribution in [3.63, 3.8) is 0 Å². The first-order chi connectivity index (χ1) is 15.1. The number of pyridine rings is 1. The van der Waals surface area contributed by atoms with Crippen LogP contribution in [0.4, 0.5) is 5.82 Å². The van der Waals surface area contributed by atoms with Gasteiger partial charge in [-0.2, -0.15) is 4.98 Å². The van der Waals surface area contributed by atoms with Gasteiger partial charge in [-0.25, -0.2) is 4.98 Å². The number of amides is 1. The second-order valence-corrected chi connectivity index (χ2v) is 8.02. The Bertz CT molecular complexity index is 996. The number of carbonyl (C=O) groups excluding carboxylic acids is 1. The zero-order valence-electron chi connectivity index (χ0n) is 18.0. The van der Waals surface area contributed by atoms with Crippen LogP contribution in [0.3, 0.4) is 0 Å². The number of benzene rings is 1. The molecule has 1 fully saturated rings. The molecular formula is C23H28N6O2. The molecule has 0 spiro atoms. The maximum absolute atomic E-state index is 12.5. The number of piperidine rings is 1. The molecule has 0 radical (unpaired) electrons. The van der Waals surface area contributed by atoms with Crippen LogP contribution in [0.15, 0.2) is 53.2 Å². The highest BCUT2D eigenvalue weighted by atomic mass is 16.5. The normalized spacial score (nSPS) is 14.7. The minimum atomic E-state index is 0.0404. The smallest absolute Gasteiger partial charge is 0.261 e. The Balaban J connectivity index is 1.43. The average molecular weight is 421 g/mol. The van der Waals surface area contributed by atoms with Crippen molar-refractivity contribution in [2.75, 3.05) is 45.2 Å². The maximum Gasteiger partial charge on any atom is 0.261 e. The van der Waals surface area contributed by atoms with Crippen LogP contribution in [0.2, 0.25) is 0 Å². The van der Waals surface area contributed by atoms with Crippen molar-refractivity contribution in [1.82, 2.24) is 25.3 Å². The molecule has 1 aromatic carbocycles. The molecule has 4 rings (SSSR count). The summed E-state index contributed by atoms with van der Waals surface area (Å²) < 4.78 is 5.56. The molecule has 8 heteroatoms. The number of likely N-dealkylation sites (N-methyl/N-ethyl adjacent to an activating group) is 1. The van der Waals surface area contributed by atoms with Crippen LogP contribution in [0.25, 0.3) is 22.8 Å². The molecular weight excluding hydrogens is 392 g/mol. The lowest BCUT2D eigenvalue weighted by Gasteiger charge is -2.32. The fourth-order valence-electron chi connectivity index (χ4n) is 3.75. The number of nitrogens with zero attached hydrogens (tertiary/aromatic N) is 5. The molecule has 0 bridgehead atoms. The lowest BCUT2D eigenvalue weighted by atomic mass is 9.95. The Labute approximate surface area is 182 Å². The van der Waals surface area contributed by atoms with E-state index >= 15 is 0 Å². The number of anilines is 1. The van der Waals surface area contributed by atoms with Gasteiger partial charge >= 0.3 is 0 Å². The van der Waals surface area contributed by atoms with E-state index in [0.717, 1.165) is 49.4 Å². The van der Waals surface area contributed by atoms with Crippen LogP contribution in [0.1, 0.15) is 12.8 Å². The summed E-state index contributed by atoms with van der Waals surface area (Å²) in [6.45, 7) is 3.04. The second-order valence-electron chi connectivity index (χ2n) is 8.02. The third kappa shape index (κ3) is 5.08. The average Bonchev–Trinajstić information content (AvgIpc) is 3.30. The SMILES string of the molecule is CN(C)CCNC(=O)C1CCN(c2ncccc2-c2nc(-c3ccccc3)no2)CC1. The van der Waals surface area contributed by atoms with Crippen LogP contribution in [-0.2, 0) is 4.79 Å². The molecule has 0 saturated carbocycles. The van der Waals surface area contributed by atoms with Gasteiger partial charge in [0, 0.05) is 43.9 Å². The minimum Gasteiger partial charge on any atom is -0.356 e. The van der Waals surface area contributed by atoms with Crippen molar-refractivity contribution in [2.45, 2.75) is 12.8 Å². The van der Waals surface area contributed by atoms with Gasteiger partial charge < -0.3 is 19.6 Å². The fraction of sp³-hybridized carbons (Fsp3) is 0.391. The van der Waals surface area contributed by atoms with Gasteiger partial charge in [0.25, 0.3) is 5.89 Å². The molecule has 3 aromatic rings. The molecule has 8 nitrogen and oxygen atoms in total. The molecule has 0 atom stereocenters. The molecule has 3 heterocycles. The van der Waals surface area contributed by atoms with Crippen molar-refractivity contribution < 1.29 is 9.32 Å². The summed E-state index contributed by atoms with van der Waals surface area (Å²) in [5.74, 6) is 2.01. The molecule has 31 heavy (non-hydrogen) atoms. The van der Waals surface area contributed by atoms with Crippen LogP contribution in [-0.4, -0.2) is 66.2 Å². The summed E-state index contributed by atoms with van der Waals surface area (Å²) in [6.07, 6.45) is 3.36. The Hall–Kier alpha value is -3.26. The quantitative estimate of drug-likeness (QED) is 0.629. The van der Waals surface area contributed by atoms with Gasteiger partial charge in [-0.3, -0.25) is 4.79 Å². The first-order valence-corrected chi connectivity index (χ1v) is 10.6. The highest BCUT2D eigenvalue weighted by Crippen LogP contribution is 2.31. The van der Waals surface area contributed by atoms with E-state index in [-0.39, 0.29) is 11.8 Å². The van der Waals surface area contributed by atoms with Gasteiger partial charge in [0.2, 0.25) is 11.7 Å². The molecule has 0 unspecified atom stereocenters. The molecule has 162 valence electrons. The second kappa shape index (κ2) is 9.70. The number of carbonyl (C=O) groups is 1. The molecule has 1 saturated heterocycles. The topological polar surface area (TPSA) is 87.4 Å². The summed E-state index contributed by atoms with van der Waals surface area (Å²) in [4.78, 5) is 25.9. The van der Waals surface area contributed by atoms with E-state index in [4.69, 9.17) is 4.52 Å². The van der Waals surface area contributed by atoms with E-state index in [0.29, 0.717) is 18.3 Å². The van der Waals surface area contributed by atoms with Crippen molar-refractivity contribution in [3.8, 4) is 22.8 Å². The summed E-state index contributed by atoms with van der Waals surface area (Å²) in [6, 6.07) is 13.6. The zero-order valence-corrected chi connectivity index (χ0v) is 18.0. The van der Waals surface area contributed by atoms with Crippen molar-refractivity contribution in [1.29, 1.82) is 0 Å². The third-order valence-corrected chi connectivity index (χ3v) is 5.50. The van der Waals surface area contributed by atoms with E-state index in [1.54, 1.807) is 6.20 Å². The first kappa shape index (κ1) is 21.0. The standard InChI is InChI=1S/C23H28N6O2/c1-28(2)16-13-25-22(30)18-10-14-29(15-11-18)21-19(9-6-12-24-21)23-26-20(27-31-23)17-7-4-3-5-8-17/h3-9,12,18H,10-11,13-16H2,1-2H3,(H,25,30). The van der Waals surface area contributed by atoms with Crippen LogP contribution in [0, 0.1) is 5.92 Å². The van der Waals surface area contributed by atoms with Gasteiger partial charge in [-0.05, 0) is 39.1 Å². The van der Waals surface area contributed by atoms with Crippen molar-refractivity contribution in [2.24, 2.45) is 5.92 Å². The molecule has 1 aliphatic heterocycles. The third-order valence-electron chi connectivity index (χ3n) is 5.50. The molecule has 2 aromatic heterocycles. The zero-order chi connectivity index (χ0) is 21.6. The monoisotopic (exact) mass is 420 g/mol. The Kier molecular flexibility index (Phi) is 6.57. The molecule has 1 amide bonds. The maximum atomic E-state index is 12.5. The van der Waals surface area contributed by atoms with E-state index < -0.39 is 0 Å². The Morgan fingerprint density at radius 1 is 1.16 bits per heavy atom. The fourth-order valence-corrected chi connectivity index (χ4v) is 3.75. The van der Waals surface area contributed by atoms with E-state index in [2.05, 4.69) is 30.2 Å². The van der Waals surface area contributed by atoms with E-state index in [9.17, 15) is 4.79 Å². The molecule has 0 aliphatic carbocycles. The minimum absolute atomic E-state index is 0.0404. The van der Waals surface area contributed by atoms with E-state index in [1.165, 1.54) is 0 Å². The molecule has 1 aliphatic rings. The summed E-state index contributed by atoms with van der Waals surface area (Å²) in [7, 11) is 4.00. The predicted octanol–water partition coefficient (Wildman–Crippen LogP) is 2.69. The van der Waals surface area contributed by atoms with Gasteiger partial charge in [0.1, 0.15) is 5.82 Å². The number of hydrogen-bond donors (Lipinski definition) is 1. The lowest BCUT2D eigenvalue weighted by molar-refractivity contribution is -0.125. The van der Waals surface area contributed by atoms with Crippen molar-refractivity contribution >= 4 is 11.7 Å². The number of rotatable bonds is 7. The van der Waals surface area contributed by atoms with Gasteiger partial charge in [0.15, 0.2) is 0 Å². The van der Waals surface area contributed by atoms with Crippen LogP contribution in [0.5, 0.6) is 0 Å². The molecule has 1 N–H and O–H groups in total. The number of aromatic nitrogens is 3. The highest BCUT2D eigenvalue weighted by Gasteiger charge is 2.27. The van der Waals surface area contributed by atoms with Crippen molar-refractivity contribution in [3.05, 3.63) is 48.7 Å². The largest absolute Gasteiger partial charge is 0.356 e. The number of hydrogen-bond acceptors (Lipinski definition) is 7. The van der Waals surface area contributed by atoms with Crippen LogP contribution < -0.4 is 10.2 Å². The highest BCUT2D eigenvalue weighted by molar-refractivity contribution is 5.79. The Morgan fingerprint density at radius 3 is 2.68 bits per heavy atom. The number of nitrogens with one attached hydrogen (secondary N) is 1. The van der Waals surface area contributed by atoms with Crippen LogP contribution >= 0.6 is 0 Å².